The molecule has 2 fully saturated rings. The zero-order valence-electron chi connectivity index (χ0n) is 16.3. The van der Waals surface area contributed by atoms with Gasteiger partial charge in [0, 0.05) is 50.2 Å². The number of amides is 2. The van der Waals surface area contributed by atoms with Gasteiger partial charge in [0.05, 0.1) is 0 Å². The van der Waals surface area contributed by atoms with E-state index in [9.17, 15) is 9.59 Å². The van der Waals surface area contributed by atoms with Gasteiger partial charge in [0.15, 0.2) is 0 Å². The molecule has 1 aromatic carbocycles. The van der Waals surface area contributed by atoms with Gasteiger partial charge in [-0.3, -0.25) is 9.59 Å². The van der Waals surface area contributed by atoms with Crippen LogP contribution in [0.15, 0.2) is 36.9 Å². The van der Waals surface area contributed by atoms with Gasteiger partial charge in [-0.2, -0.15) is 0 Å². The van der Waals surface area contributed by atoms with Crippen LogP contribution in [-0.2, 0) is 9.59 Å². The second-order valence-corrected chi connectivity index (χ2v) is 7.73. The monoisotopic (exact) mass is 369 g/mol. The predicted octanol–water partition coefficient (Wildman–Crippen LogP) is 2.75. The third-order valence-electron chi connectivity index (χ3n) is 5.83. The van der Waals surface area contributed by atoms with Gasteiger partial charge in [0.2, 0.25) is 11.8 Å². The zero-order valence-corrected chi connectivity index (χ0v) is 16.3. The molecule has 1 aliphatic carbocycles. The molecule has 0 bridgehead atoms. The van der Waals surface area contributed by atoms with Gasteiger partial charge in [-0.1, -0.05) is 18.2 Å². The molecule has 146 valence electrons. The molecule has 1 saturated carbocycles. The molecule has 1 heterocycles. The van der Waals surface area contributed by atoms with Crippen LogP contribution >= 0.6 is 0 Å². The number of hydrogen-bond donors (Lipinski definition) is 1. The average Bonchev–Trinajstić information content (AvgIpc) is 2.71. The maximum Gasteiger partial charge on any atom is 0.225 e. The second kappa shape index (κ2) is 9.07. The van der Waals surface area contributed by atoms with Crippen molar-refractivity contribution >= 4 is 17.5 Å². The Labute approximate surface area is 162 Å². The fraction of sp³-hybridized carbons (Fsp3) is 0.545. The third-order valence-corrected chi connectivity index (χ3v) is 5.83. The van der Waals surface area contributed by atoms with Crippen molar-refractivity contribution in [1.29, 1.82) is 0 Å². The molecule has 0 aromatic heterocycles. The summed E-state index contributed by atoms with van der Waals surface area (Å²) in [4.78, 5) is 29.3. The molecular weight excluding hydrogens is 338 g/mol. The van der Waals surface area contributed by atoms with Gasteiger partial charge < -0.3 is 15.1 Å². The van der Waals surface area contributed by atoms with Gasteiger partial charge in [0.1, 0.15) is 0 Å². The van der Waals surface area contributed by atoms with E-state index in [1.54, 1.807) is 6.08 Å². The number of aryl methyl sites for hydroxylation is 1. The van der Waals surface area contributed by atoms with Gasteiger partial charge in [-0.05, 0) is 50.3 Å². The van der Waals surface area contributed by atoms with E-state index in [4.69, 9.17) is 0 Å². The van der Waals surface area contributed by atoms with E-state index in [1.807, 2.05) is 4.90 Å². The van der Waals surface area contributed by atoms with Crippen LogP contribution in [0.2, 0.25) is 0 Å². The summed E-state index contributed by atoms with van der Waals surface area (Å²) in [5.41, 5.74) is 2.51. The number of benzene rings is 1. The first-order valence-electron chi connectivity index (χ1n) is 10.1. The highest BCUT2D eigenvalue weighted by Crippen LogP contribution is 2.30. The molecule has 27 heavy (non-hydrogen) atoms. The lowest BCUT2D eigenvalue weighted by Gasteiger charge is -2.38. The molecule has 1 saturated heterocycles. The molecule has 0 spiro atoms. The summed E-state index contributed by atoms with van der Waals surface area (Å²) in [7, 11) is 0. The first kappa shape index (κ1) is 19.5. The number of hydrogen-bond acceptors (Lipinski definition) is 3. The quantitative estimate of drug-likeness (QED) is 0.812. The smallest absolute Gasteiger partial charge is 0.225 e. The Kier molecular flexibility index (Phi) is 6.54. The van der Waals surface area contributed by atoms with Gasteiger partial charge in [0.25, 0.3) is 0 Å². The van der Waals surface area contributed by atoms with Crippen molar-refractivity contribution in [3.63, 3.8) is 0 Å². The number of carbonyl (C=O) groups is 2. The van der Waals surface area contributed by atoms with Crippen LogP contribution in [0.1, 0.15) is 31.2 Å². The topological polar surface area (TPSA) is 52.7 Å². The average molecular weight is 370 g/mol. The SMILES string of the molecule is C=CCNC(=O)C1CCC(C(=O)N2CCN(c3cccc(C)c3)CC2)CC1. The molecule has 5 nitrogen and oxygen atoms in total. The number of rotatable bonds is 5. The van der Waals surface area contributed by atoms with Crippen molar-refractivity contribution in [1.82, 2.24) is 10.2 Å². The molecule has 0 radical (unpaired) electrons. The minimum atomic E-state index is 0.0483. The van der Waals surface area contributed by atoms with E-state index in [0.717, 1.165) is 51.9 Å². The fourth-order valence-corrected chi connectivity index (χ4v) is 4.19. The Hall–Kier alpha value is -2.30. The lowest BCUT2D eigenvalue weighted by molar-refractivity contribution is -0.138. The van der Waals surface area contributed by atoms with Crippen molar-refractivity contribution in [3.8, 4) is 0 Å². The summed E-state index contributed by atoms with van der Waals surface area (Å²) < 4.78 is 0. The van der Waals surface area contributed by atoms with Crippen LogP contribution in [-0.4, -0.2) is 49.4 Å². The van der Waals surface area contributed by atoms with Crippen LogP contribution in [0, 0.1) is 18.8 Å². The molecule has 2 aliphatic rings. The summed E-state index contributed by atoms with van der Waals surface area (Å²) in [6.07, 6.45) is 4.96. The normalized spacial score (nSPS) is 23.0. The highest BCUT2D eigenvalue weighted by Gasteiger charge is 2.33. The number of nitrogens with zero attached hydrogens (tertiary/aromatic N) is 2. The Morgan fingerprint density at radius 3 is 2.41 bits per heavy atom. The Balaban J connectivity index is 1.46. The van der Waals surface area contributed by atoms with Crippen LogP contribution in [0.25, 0.3) is 0 Å². The summed E-state index contributed by atoms with van der Waals surface area (Å²) in [6.45, 7) is 9.59. The predicted molar refractivity (Wildman–Crippen MR) is 109 cm³/mol. The highest BCUT2D eigenvalue weighted by atomic mass is 16.2. The van der Waals surface area contributed by atoms with E-state index in [0.29, 0.717) is 6.54 Å². The Morgan fingerprint density at radius 2 is 1.78 bits per heavy atom. The molecule has 1 N–H and O–H groups in total. The maximum atomic E-state index is 12.9. The van der Waals surface area contributed by atoms with Crippen LogP contribution in [0.4, 0.5) is 5.69 Å². The number of carbonyl (C=O) groups excluding carboxylic acids is 2. The van der Waals surface area contributed by atoms with Crippen molar-refractivity contribution in [2.45, 2.75) is 32.6 Å². The maximum absolute atomic E-state index is 12.9. The van der Waals surface area contributed by atoms with Crippen LogP contribution in [0.5, 0.6) is 0 Å². The van der Waals surface area contributed by atoms with E-state index in [2.05, 4.69) is 48.0 Å². The van der Waals surface area contributed by atoms with Crippen molar-refractivity contribution in [2.75, 3.05) is 37.6 Å². The molecule has 1 aromatic rings. The summed E-state index contributed by atoms with van der Waals surface area (Å²) in [5.74, 6) is 0.516. The molecule has 0 unspecified atom stereocenters. The summed E-state index contributed by atoms with van der Waals surface area (Å²) >= 11 is 0. The van der Waals surface area contributed by atoms with Crippen molar-refractivity contribution < 1.29 is 9.59 Å². The molecule has 5 heteroatoms. The second-order valence-electron chi connectivity index (χ2n) is 7.73. The lowest BCUT2D eigenvalue weighted by atomic mass is 9.81. The summed E-state index contributed by atoms with van der Waals surface area (Å²) in [5, 5.41) is 2.88. The Morgan fingerprint density at radius 1 is 1.11 bits per heavy atom. The molecule has 1 aliphatic heterocycles. The molecule has 3 rings (SSSR count). The molecule has 0 atom stereocenters. The first-order chi connectivity index (χ1) is 13.1. The van der Waals surface area contributed by atoms with Crippen molar-refractivity contribution in [3.05, 3.63) is 42.5 Å². The number of nitrogens with one attached hydrogen (secondary N) is 1. The van der Waals surface area contributed by atoms with E-state index in [1.165, 1.54) is 11.3 Å². The minimum absolute atomic E-state index is 0.0483. The first-order valence-corrected chi connectivity index (χ1v) is 10.1. The summed E-state index contributed by atoms with van der Waals surface area (Å²) in [6, 6.07) is 8.54. The van der Waals surface area contributed by atoms with Crippen LogP contribution < -0.4 is 10.2 Å². The van der Waals surface area contributed by atoms with Gasteiger partial charge in [-0.25, -0.2) is 0 Å². The van der Waals surface area contributed by atoms with E-state index < -0.39 is 0 Å². The van der Waals surface area contributed by atoms with E-state index >= 15 is 0 Å². The third kappa shape index (κ3) is 4.90. The molecule has 2 amide bonds. The standard InChI is InChI=1S/C22H31N3O2/c1-3-11-23-21(26)18-7-9-19(10-8-18)22(27)25-14-12-24(13-15-25)20-6-4-5-17(2)16-20/h3-6,16,18-19H,1,7-15H2,2H3,(H,23,26). The molecular formula is C22H31N3O2. The van der Waals surface area contributed by atoms with E-state index in [-0.39, 0.29) is 23.7 Å². The van der Waals surface area contributed by atoms with Crippen LogP contribution in [0.3, 0.4) is 0 Å². The zero-order chi connectivity index (χ0) is 19.2. The minimum Gasteiger partial charge on any atom is -0.368 e. The van der Waals surface area contributed by atoms with Gasteiger partial charge in [-0.15, -0.1) is 6.58 Å². The Bertz CT molecular complexity index is 672. The highest BCUT2D eigenvalue weighted by molar-refractivity contribution is 5.81. The van der Waals surface area contributed by atoms with Gasteiger partial charge >= 0.3 is 0 Å². The number of piperazine rings is 1. The number of anilines is 1. The largest absolute Gasteiger partial charge is 0.368 e. The lowest BCUT2D eigenvalue weighted by Crippen LogP contribution is -2.51. The fourth-order valence-electron chi connectivity index (χ4n) is 4.19. The van der Waals surface area contributed by atoms with Crippen molar-refractivity contribution in [2.24, 2.45) is 11.8 Å².